The summed E-state index contributed by atoms with van der Waals surface area (Å²) >= 11 is 0. The number of piperidine rings is 1. The number of anilines is 2. The van der Waals surface area contributed by atoms with Crippen molar-refractivity contribution >= 4 is 23.8 Å². The van der Waals surface area contributed by atoms with Crippen molar-refractivity contribution in [3.8, 4) is 0 Å². The highest BCUT2D eigenvalue weighted by molar-refractivity contribution is 5.85. The van der Waals surface area contributed by atoms with Gasteiger partial charge in [-0.2, -0.15) is 0 Å². The first-order valence-electron chi connectivity index (χ1n) is 13.4. The number of methoxy groups -OCH3 is 1. The van der Waals surface area contributed by atoms with Crippen molar-refractivity contribution in [2.24, 2.45) is 5.41 Å². The Balaban J connectivity index is 0.00000289. The van der Waals surface area contributed by atoms with Crippen LogP contribution in [0.5, 0.6) is 0 Å². The van der Waals surface area contributed by atoms with Gasteiger partial charge in [0.2, 0.25) is 0 Å². The van der Waals surface area contributed by atoms with Crippen LogP contribution in [0.4, 0.5) is 11.4 Å². The zero-order valence-corrected chi connectivity index (χ0v) is 22.7. The van der Waals surface area contributed by atoms with E-state index in [2.05, 4.69) is 52.8 Å². The molecule has 6 heteroatoms. The largest absolute Gasteiger partial charge is 0.472 e. The van der Waals surface area contributed by atoms with Crippen LogP contribution in [0.3, 0.4) is 0 Å². The first kappa shape index (κ1) is 26.4. The third kappa shape index (κ3) is 6.36. The monoisotopic (exact) mass is 501 g/mol. The van der Waals surface area contributed by atoms with Crippen molar-refractivity contribution in [1.82, 2.24) is 4.90 Å². The minimum atomic E-state index is 0. The highest BCUT2D eigenvalue weighted by Crippen LogP contribution is 2.46. The normalized spacial score (nSPS) is 22.3. The number of nitrogens with zero attached hydrogens (tertiary/aromatic N) is 3. The third-order valence-electron chi connectivity index (χ3n) is 8.63. The lowest BCUT2D eigenvalue weighted by Crippen LogP contribution is -2.46. The molecule has 5 rings (SSSR count). The van der Waals surface area contributed by atoms with E-state index < -0.39 is 0 Å². The molecule has 0 spiro atoms. The molecule has 2 aliphatic heterocycles. The van der Waals surface area contributed by atoms with Gasteiger partial charge in [0.1, 0.15) is 0 Å². The average molecular weight is 502 g/mol. The molecule has 1 aromatic carbocycles. The molecule has 1 saturated carbocycles. The standard InChI is InChI=1S/C29H43N3O2.ClH/c1-29(2)11-6-24(7-12-29)27-20-25(31-13-8-26(33-3)9-14-31)4-5-28(27)32-17-15-30(16-18-32)21-23-10-19-34-22-23;/h4-5,10,19-20,22,24,26H,6-9,11-18,21H2,1-3H3;1H. The number of benzene rings is 1. The molecule has 194 valence electrons. The number of hydrogen-bond donors (Lipinski definition) is 0. The van der Waals surface area contributed by atoms with E-state index in [1.165, 1.54) is 42.6 Å². The summed E-state index contributed by atoms with van der Waals surface area (Å²) in [5, 5.41) is 0. The summed E-state index contributed by atoms with van der Waals surface area (Å²) in [4.78, 5) is 7.79. The van der Waals surface area contributed by atoms with E-state index in [4.69, 9.17) is 9.15 Å². The van der Waals surface area contributed by atoms with Crippen LogP contribution in [-0.2, 0) is 11.3 Å². The van der Waals surface area contributed by atoms with Crippen LogP contribution in [0.1, 0.15) is 69.4 Å². The van der Waals surface area contributed by atoms with Crippen LogP contribution in [0.2, 0.25) is 0 Å². The van der Waals surface area contributed by atoms with Crippen molar-refractivity contribution in [3.05, 3.63) is 47.9 Å². The fourth-order valence-electron chi connectivity index (χ4n) is 6.20. The van der Waals surface area contributed by atoms with Crippen molar-refractivity contribution in [2.45, 2.75) is 70.9 Å². The molecule has 3 heterocycles. The summed E-state index contributed by atoms with van der Waals surface area (Å²) < 4.78 is 10.9. The molecular weight excluding hydrogens is 458 g/mol. The highest BCUT2D eigenvalue weighted by atomic mass is 35.5. The molecule has 0 amide bonds. The van der Waals surface area contributed by atoms with Crippen molar-refractivity contribution in [2.75, 3.05) is 56.2 Å². The van der Waals surface area contributed by atoms with E-state index in [1.807, 2.05) is 13.4 Å². The molecule has 1 aromatic heterocycles. The number of halogens is 1. The number of ether oxygens (including phenoxy) is 1. The topological polar surface area (TPSA) is 32.1 Å². The minimum Gasteiger partial charge on any atom is -0.472 e. The Morgan fingerprint density at radius 1 is 0.914 bits per heavy atom. The van der Waals surface area contributed by atoms with Crippen LogP contribution in [0.25, 0.3) is 0 Å². The first-order valence-corrected chi connectivity index (χ1v) is 13.4. The quantitative estimate of drug-likeness (QED) is 0.462. The second-order valence-corrected chi connectivity index (χ2v) is 11.5. The molecule has 35 heavy (non-hydrogen) atoms. The van der Waals surface area contributed by atoms with Crippen molar-refractivity contribution in [3.63, 3.8) is 0 Å². The van der Waals surface area contributed by atoms with Crippen LogP contribution in [0, 0.1) is 5.41 Å². The average Bonchev–Trinajstić information content (AvgIpc) is 3.37. The van der Waals surface area contributed by atoms with Gasteiger partial charge in [0.25, 0.3) is 0 Å². The van der Waals surface area contributed by atoms with Gasteiger partial charge in [-0.1, -0.05) is 13.8 Å². The fourth-order valence-corrected chi connectivity index (χ4v) is 6.20. The summed E-state index contributed by atoms with van der Waals surface area (Å²) in [6.07, 6.45) is 11.6. The molecule has 2 saturated heterocycles. The second-order valence-electron chi connectivity index (χ2n) is 11.5. The maximum Gasteiger partial charge on any atom is 0.0947 e. The lowest BCUT2D eigenvalue weighted by molar-refractivity contribution is 0.0819. The van der Waals surface area contributed by atoms with Crippen LogP contribution < -0.4 is 9.80 Å². The van der Waals surface area contributed by atoms with Gasteiger partial charge in [-0.3, -0.25) is 4.90 Å². The Bertz CT molecular complexity index is 906. The van der Waals surface area contributed by atoms with Gasteiger partial charge in [0, 0.05) is 69.9 Å². The summed E-state index contributed by atoms with van der Waals surface area (Å²) in [7, 11) is 1.85. The SMILES string of the molecule is COC1CCN(c2ccc(N3CCN(Cc4ccoc4)CC3)c(C3CCC(C)(C)CC3)c2)CC1.Cl. The summed E-state index contributed by atoms with van der Waals surface area (Å²) in [5.41, 5.74) is 6.28. The van der Waals surface area contributed by atoms with Gasteiger partial charge >= 0.3 is 0 Å². The van der Waals surface area contributed by atoms with E-state index in [0.29, 0.717) is 17.4 Å². The lowest BCUT2D eigenvalue weighted by Gasteiger charge is -2.40. The smallest absolute Gasteiger partial charge is 0.0947 e. The van der Waals surface area contributed by atoms with E-state index in [-0.39, 0.29) is 12.4 Å². The maximum atomic E-state index is 5.61. The number of rotatable bonds is 6. The van der Waals surface area contributed by atoms with Crippen molar-refractivity contribution < 1.29 is 9.15 Å². The molecule has 0 N–H and O–H groups in total. The van der Waals surface area contributed by atoms with Gasteiger partial charge in [0.15, 0.2) is 0 Å². The molecule has 0 radical (unpaired) electrons. The Labute approximate surface area is 218 Å². The Hall–Kier alpha value is -1.69. The molecule has 0 bridgehead atoms. The first-order chi connectivity index (χ1) is 16.5. The van der Waals surface area contributed by atoms with Gasteiger partial charge in [0.05, 0.1) is 18.6 Å². The molecule has 2 aromatic rings. The number of piperazine rings is 1. The molecular formula is C29H44ClN3O2. The molecule has 5 nitrogen and oxygen atoms in total. The van der Waals surface area contributed by atoms with Crippen LogP contribution in [0.15, 0.2) is 41.2 Å². The molecule has 3 aliphatic rings. The van der Waals surface area contributed by atoms with Gasteiger partial charge < -0.3 is 19.0 Å². The van der Waals surface area contributed by atoms with E-state index in [1.54, 1.807) is 11.8 Å². The van der Waals surface area contributed by atoms with Crippen LogP contribution >= 0.6 is 12.4 Å². The zero-order chi connectivity index (χ0) is 23.5. The number of furan rings is 1. The second kappa shape index (κ2) is 11.6. The molecule has 3 fully saturated rings. The highest BCUT2D eigenvalue weighted by Gasteiger charge is 2.31. The van der Waals surface area contributed by atoms with E-state index in [9.17, 15) is 0 Å². The third-order valence-corrected chi connectivity index (χ3v) is 8.63. The Morgan fingerprint density at radius 3 is 2.26 bits per heavy atom. The molecule has 1 aliphatic carbocycles. The number of hydrogen-bond acceptors (Lipinski definition) is 5. The predicted octanol–water partition coefficient (Wildman–Crippen LogP) is 6.32. The lowest BCUT2D eigenvalue weighted by atomic mass is 9.71. The summed E-state index contributed by atoms with van der Waals surface area (Å²) in [6, 6.07) is 9.47. The van der Waals surface area contributed by atoms with Gasteiger partial charge in [-0.25, -0.2) is 0 Å². The van der Waals surface area contributed by atoms with Gasteiger partial charge in [-0.15, -0.1) is 12.4 Å². The molecule has 0 atom stereocenters. The Morgan fingerprint density at radius 2 is 1.63 bits per heavy atom. The van der Waals surface area contributed by atoms with Gasteiger partial charge in [-0.05, 0) is 79.7 Å². The Kier molecular flexibility index (Phi) is 8.72. The van der Waals surface area contributed by atoms with Crippen LogP contribution in [-0.4, -0.2) is 57.4 Å². The summed E-state index contributed by atoms with van der Waals surface area (Å²) in [6.45, 7) is 12.5. The molecule has 0 unspecified atom stereocenters. The fraction of sp³-hybridized carbons (Fsp3) is 0.655. The maximum absolute atomic E-state index is 5.61. The minimum absolute atomic E-state index is 0. The predicted molar refractivity (Wildman–Crippen MR) is 147 cm³/mol. The summed E-state index contributed by atoms with van der Waals surface area (Å²) in [5.74, 6) is 0.684. The van der Waals surface area contributed by atoms with Crippen molar-refractivity contribution in [1.29, 1.82) is 0 Å². The van der Waals surface area contributed by atoms with E-state index in [0.717, 1.165) is 58.7 Å². The van der Waals surface area contributed by atoms with E-state index >= 15 is 0 Å². The zero-order valence-electron chi connectivity index (χ0n) is 21.9.